The molecule has 0 amide bonds. The largest absolute Gasteiger partial charge is 0.495 e. The van der Waals surface area contributed by atoms with Gasteiger partial charge in [0.1, 0.15) is 12.3 Å². The lowest BCUT2D eigenvalue weighted by Gasteiger charge is -2.36. The van der Waals surface area contributed by atoms with Gasteiger partial charge in [-0.3, -0.25) is 9.58 Å². The third-order valence-corrected chi connectivity index (χ3v) is 6.72. The van der Waals surface area contributed by atoms with E-state index in [0.29, 0.717) is 12.4 Å². The van der Waals surface area contributed by atoms with Crippen LogP contribution >= 0.6 is 11.3 Å². The van der Waals surface area contributed by atoms with E-state index in [1.54, 1.807) is 18.4 Å². The van der Waals surface area contributed by atoms with Crippen molar-refractivity contribution in [3.63, 3.8) is 0 Å². The fourth-order valence-electron chi connectivity index (χ4n) is 4.19. The van der Waals surface area contributed by atoms with Crippen LogP contribution in [0.2, 0.25) is 0 Å². The second-order valence-electron chi connectivity index (χ2n) is 7.73. The molecule has 0 saturated carbocycles. The molecule has 32 heavy (non-hydrogen) atoms. The number of hydrogen-bond acceptors (Lipinski definition) is 8. The van der Waals surface area contributed by atoms with Gasteiger partial charge in [0, 0.05) is 38.3 Å². The maximum atomic E-state index is 5.54. The average Bonchev–Trinajstić information content (AvgIpc) is 3.61. The molecule has 1 aliphatic rings. The summed E-state index contributed by atoms with van der Waals surface area (Å²) in [6, 6.07) is 12.5. The van der Waals surface area contributed by atoms with Crippen molar-refractivity contribution in [1.29, 1.82) is 0 Å². The van der Waals surface area contributed by atoms with Crippen LogP contribution in [0.1, 0.15) is 11.4 Å². The van der Waals surface area contributed by atoms with E-state index in [1.165, 1.54) is 16.1 Å². The quantitative estimate of drug-likeness (QED) is 0.441. The van der Waals surface area contributed by atoms with Crippen LogP contribution in [0.4, 0.5) is 5.69 Å². The normalized spacial score (nSPS) is 14.7. The highest BCUT2D eigenvalue weighted by atomic mass is 32.1. The molecule has 0 bridgehead atoms. The summed E-state index contributed by atoms with van der Waals surface area (Å²) in [5.41, 5.74) is 3.58. The molecule has 9 nitrogen and oxygen atoms in total. The van der Waals surface area contributed by atoms with E-state index in [4.69, 9.17) is 4.74 Å². The number of nitrogens with one attached hydrogen (secondary N) is 1. The predicted molar refractivity (Wildman–Crippen MR) is 124 cm³/mol. The zero-order chi connectivity index (χ0) is 21.8. The molecule has 0 atom stereocenters. The van der Waals surface area contributed by atoms with Crippen LogP contribution in [-0.2, 0) is 13.0 Å². The molecule has 1 N–H and O–H groups in total. The Morgan fingerprint density at radius 3 is 2.72 bits per heavy atom. The van der Waals surface area contributed by atoms with E-state index in [9.17, 15) is 0 Å². The Balaban J connectivity index is 1.24. The predicted octanol–water partition coefficient (Wildman–Crippen LogP) is 2.55. The van der Waals surface area contributed by atoms with Gasteiger partial charge >= 0.3 is 0 Å². The first-order chi connectivity index (χ1) is 15.8. The first-order valence-corrected chi connectivity index (χ1v) is 11.6. The number of anilines is 1. The van der Waals surface area contributed by atoms with Gasteiger partial charge in [-0.25, -0.2) is 0 Å². The second-order valence-corrected chi connectivity index (χ2v) is 8.68. The van der Waals surface area contributed by atoms with Gasteiger partial charge in [-0.1, -0.05) is 23.4 Å². The summed E-state index contributed by atoms with van der Waals surface area (Å²) < 4.78 is 7.52. The maximum Gasteiger partial charge on any atom is 0.195 e. The van der Waals surface area contributed by atoms with Crippen LogP contribution in [0, 0.1) is 0 Å². The Morgan fingerprint density at radius 1 is 1.09 bits per heavy atom. The molecular weight excluding hydrogens is 424 g/mol. The molecule has 4 heterocycles. The van der Waals surface area contributed by atoms with E-state index >= 15 is 0 Å². The van der Waals surface area contributed by atoms with Crippen LogP contribution in [0.3, 0.4) is 0 Å². The Morgan fingerprint density at radius 2 is 1.97 bits per heavy atom. The molecule has 4 aromatic rings. The number of benzene rings is 1. The smallest absolute Gasteiger partial charge is 0.195 e. The molecule has 3 aromatic heterocycles. The summed E-state index contributed by atoms with van der Waals surface area (Å²) in [4.78, 5) is 6.15. The lowest BCUT2D eigenvalue weighted by molar-refractivity contribution is 0.260. The highest BCUT2D eigenvalue weighted by Gasteiger charge is 2.21. The summed E-state index contributed by atoms with van der Waals surface area (Å²) >= 11 is 1.73. The van der Waals surface area contributed by atoms with Gasteiger partial charge in [0.2, 0.25) is 0 Å². The van der Waals surface area contributed by atoms with Crippen molar-refractivity contribution in [3.8, 4) is 16.3 Å². The van der Waals surface area contributed by atoms with Gasteiger partial charge in [0.05, 0.1) is 29.6 Å². The summed E-state index contributed by atoms with van der Waals surface area (Å²) in [7, 11) is 1.74. The zero-order valence-corrected chi connectivity index (χ0v) is 18.8. The highest BCUT2D eigenvalue weighted by Crippen LogP contribution is 2.30. The van der Waals surface area contributed by atoms with Crippen molar-refractivity contribution >= 4 is 17.0 Å². The van der Waals surface area contributed by atoms with Crippen LogP contribution in [0.15, 0.2) is 48.0 Å². The minimum atomic E-state index is 0.501. The molecule has 1 aliphatic heterocycles. The molecule has 10 heteroatoms. The molecule has 0 unspecified atom stereocenters. The SMILES string of the molecule is COc1ccccc1N1CCN(CCc2cnn(Cc3nn[nH]n3)c2-c2cccs2)CC1. The standard InChI is InChI=1S/C22H26N8OS/c1-31-19-6-3-2-5-18(19)29-12-10-28(11-13-29)9-8-17-15-23-30(16-21-24-26-27-25-21)22(17)20-7-4-14-32-20/h2-7,14-15H,8-13,16H2,1H3,(H,24,25,26,27). The summed E-state index contributed by atoms with van der Waals surface area (Å²) in [5.74, 6) is 1.57. The lowest BCUT2D eigenvalue weighted by atomic mass is 10.1. The lowest BCUT2D eigenvalue weighted by Crippen LogP contribution is -2.47. The van der Waals surface area contributed by atoms with E-state index in [0.717, 1.165) is 50.6 Å². The van der Waals surface area contributed by atoms with Crippen molar-refractivity contribution in [2.75, 3.05) is 44.7 Å². The molecule has 1 aromatic carbocycles. The Bertz CT molecular complexity index is 1120. The van der Waals surface area contributed by atoms with Gasteiger partial charge in [-0.15, -0.1) is 21.5 Å². The topological polar surface area (TPSA) is 88.0 Å². The fourth-order valence-corrected chi connectivity index (χ4v) is 5.00. The Labute approximate surface area is 190 Å². The van der Waals surface area contributed by atoms with Crippen LogP contribution in [0.25, 0.3) is 10.6 Å². The number of aromatic amines is 1. The van der Waals surface area contributed by atoms with Crippen LogP contribution in [0.5, 0.6) is 5.75 Å². The minimum absolute atomic E-state index is 0.501. The zero-order valence-electron chi connectivity index (χ0n) is 18.0. The van der Waals surface area contributed by atoms with E-state index < -0.39 is 0 Å². The maximum absolute atomic E-state index is 5.54. The number of methoxy groups -OCH3 is 1. The summed E-state index contributed by atoms with van der Waals surface area (Å²) in [6.07, 6.45) is 2.94. The average molecular weight is 451 g/mol. The number of tetrazole rings is 1. The third kappa shape index (κ3) is 4.37. The molecule has 0 spiro atoms. The number of para-hydroxylation sites is 2. The van der Waals surface area contributed by atoms with Crippen LogP contribution < -0.4 is 9.64 Å². The van der Waals surface area contributed by atoms with Gasteiger partial charge in [0.15, 0.2) is 5.82 Å². The molecule has 1 fully saturated rings. The Hall–Kier alpha value is -3.24. The van der Waals surface area contributed by atoms with Crippen molar-refractivity contribution in [3.05, 3.63) is 59.4 Å². The number of aromatic nitrogens is 6. The molecule has 1 saturated heterocycles. The van der Waals surface area contributed by atoms with Crippen molar-refractivity contribution in [1.82, 2.24) is 35.3 Å². The van der Waals surface area contributed by atoms with E-state index in [1.807, 2.05) is 23.0 Å². The molecule has 5 rings (SSSR count). The first kappa shape index (κ1) is 20.7. The number of H-pyrrole nitrogens is 1. The number of ether oxygens (including phenoxy) is 1. The highest BCUT2D eigenvalue weighted by molar-refractivity contribution is 7.13. The molecule has 0 aliphatic carbocycles. The van der Waals surface area contributed by atoms with Gasteiger partial charge in [-0.2, -0.15) is 10.3 Å². The van der Waals surface area contributed by atoms with Gasteiger partial charge < -0.3 is 9.64 Å². The number of hydrogen-bond donors (Lipinski definition) is 1. The Kier molecular flexibility index (Phi) is 6.13. The number of rotatable bonds is 8. The van der Waals surface area contributed by atoms with Crippen LogP contribution in [-0.4, -0.2) is 75.1 Å². The number of thiophene rings is 1. The fraction of sp³-hybridized carbons (Fsp3) is 0.364. The molecule has 166 valence electrons. The molecular formula is C22H26N8OS. The van der Waals surface area contributed by atoms with Crippen molar-refractivity contribution < 1.29 is 4.74 Å². The van der Waals surface area contributed by atoms with Gasteiger partial charge in [-0.05, 0) is 30.0 Å². The number of nitrogens with zero attached hydrogens (tertiary/aromatic N) is 7. The van der Waals surface area contributed by atoms with Crippen molar-refractivity contribution in [2.45, 2.75) is 13.0 Å². The van der Waals surface area contributed by atoms with E-state index in [-0.39, 0.29) is 0 Å². The monoisotopic (exact) mass is 450 g/mol. The minimum Gasteiger partial charge on any atom is -0.495 e. The summed E-state index contributed by atoms with van der Waals surface area (Å²) in [6.45, 7) is 5.56. The number of piperazine rings is 1. The second kappa shape index (κ2) is 9.49. The summed E-state index contributed by atoms with van der Waals surface area (Å²) in [5, 5.41) is 21.1. The van der Waals surface area contributed by atoms with Gasteiger partial charge in [0.25, 0.3) is 0 Å². The molecule has 0 radical (unpaired) electrons. The first-order valence-electron chi connectivity index (χ1n) is 10.7. The van der Waals surface area contributed by atoms with E-state index in [2.05, 4.69) is 65.2 Å². The third-order valence-electron chi connectivity index (χ3n) is 5.85. The van der Waals surface area contributed by atoms with Crippen molar-refractivity contribution in [2.24, 2.45) is 0 Å².